The van der Waals surface area contributed by atoms with Gasteiger partial charge < -0.3 is 9.80 Å². The minimum atomic E-state index is -0.0622. The molecular weight excluding hydrogens is 338 g/mol. The average molecular weight is 363 g/mol. The number of benzene rings is 1. The third-order valence-corrected chi connectivity index (χ3v) is 5.79. The highest BCUT2D eigenvalue weighted by Crippen LogP contribution is 2.47. The first-order chi connectivity index (χ1) is 13.0. The van der Waals surface area contributed by atoms with Gasteiger partial charge in [0, 0.05) is 37.4 Å². The molecule has 5 nitrogen and oxygen atoms in total. The Bertz CT molecular complexity index is 863. The first kappa shape index (κ1) is 17.7. The highest BCUT2D eigenvalue weighted by molar-refractivity contribution is 5.95. The molecule has 2 heterocycles. The average Bonchev–Trinajstić information content (AvgIpc) is 3.46. The first-order valence-electron chi connectivity index (χ1n) is 9.59. The topological polar surface area (TPSA) is 53.5 Å². The minimum absolute atomic E-state index is 0.0447. The van der Waals surface area contributed by atoms with Gasteiger partial charge in [0.05, 0.1) is 0 Å². The molecule has 2 aromatic rings. The van der Waals surface area contributed by atoms with E-state index in [9.17, 15) is 9.59 Å². The molecule has 4 rings (SSSR count). The van der Waals surface area contributed by atoms with Crippen molar-refractivity contribution >= 4 is 11.8 Å². The number of nitrogens with zero attached hydrogens (tertiary/aromatic N) is 3. The Balaban J connectivity index is 1.37. The number of carbonyl (C=O) groups is 2. The van der Waals surface area contributed by atoms with E-state index in [0.717, 1.165) is 11.3 Å². The highest BCUT2D eigenvalue weighted by Gasteiger charge is 2.38. The summed E-state index contributed by atoms with van der Waals surface area (Å²) in [6.45, 7) is 6.32. The first-order valence-corrected chi connectivity index (χ1v) is 9.59. The van der Waals surface area contributed by atoms with Crippen molar-refractivity contribution in [2.24, 2.45) is 0 Å². The van der Waals surface area contributed by atoms with Crippen molar-refractivity contribution in [3.8, 4) is 0 Å². The quantitative estimate of drug-likeness (QED) is 0.842. The van der Waals surface area contributed by atoms with Gasteiger partial charge in [0.2, 0.25) is 0 Å². The molecule has 0 bridgehead atoms. The smallest absolute Gasteiger partial charge is 0.272 e. The summed E-state index contributed by atoms with van der Waals surface area (Å²) in [6.07, 6.45) is 2.46. The maximum absolute atomic E-state index is 12.8. The number of aromatic nitrogens is 1. The van der Waals surface area contributed by atoms with Crippen molar-refractivity contribution in [1.82, 2.24) is 14.8 Å². The van der Waals surface area contributed by atoms with Gasteiger partial charge >= 0.3 is 0 Å². The van der Waals surface area contributed by atoms with Crippen LogP contribution < -0.4 is 0 Å². The Morgan fingerprint density at radius 3 is 2.04 bits per heavy atom. The van der Waals surface area contributed by atoms with Crippen molar-refractivity contribution in [2.75, 3.05) is 26.2 Å². The van der Waals surface area contributed by atoms with Crippen LogP contribution in [-0.2, 0) is 5.41 Å². The molecule has 2 fully saturated rings. The van der Waals surface area contributed by atoms with E-state index in [1.54, 1.807) is 11.0 Å². The standard InChI is InChI=1S/C22H25N3O2/c1-16-4-3-5-19(23-16)21(27)25-14-12-24(13-15-25)20(26)17-6-8-18(9-7-17)22(2)10-11-22/h3-9H,10-15H2,1-2H3. The summed E-state index contributed by atoms with van der Waals surface area (Å²) in [5.74, 6) is -0.0175. The number of rotatable bonds is 3. The van der Waals surface area contributed by atoms with Crippen LogP contribution in [0, 0.1) is 6.92 Å². The largest absolute Gasteiger partial charge is 0.335 e. The van der Waals surface area contributed by atoms with E-state index in [2.05, 4.69) is 24.0 Å². The van der Waals surface area contributed by atoms with Gasteiger partial charge in [-0.3, -0.25) is 9.59 Å². The van der Waals surface area contributed by atoms with Crippen LogP contribution in [0.5, 0.6) is 0 Å². The zero-order valence-corrected chi connectivity index (χ0v) is 15.9. The lowest BCUT2D eigenvalue weighted by Crippen LogP contribution is -2.50. The summed E-state index contributed by atoms with van der Waals surface area (Å²) in [7, 11) is 0. The van der Waals surface area contributed by atoms with Crippen molar-refractivity contribution in [2.45, 2.75) is 32.1 Å². The molecule has 0 unspecified atom stereocenters. The van der Waals surface area contributed by atoms with E-state index in [1.165, 1.54) is 18.4 Å². The zero-order chi connectivity index (χ0) is 19.0. The van der Waals surface area contributed by atoms with Crippen LogP contribution in [0.15, 0.2) is 42.5 Å². The predicted molar refractivity (Wildman–Crippen MR) is 104 cm³/mol. The molecule has 1 aliphatic heterocycles. The van der Waals surface area contributed by atoms with E-state index >= 15 is 0 Å². The van der Waals surface area contributed by atoms with Gasteiger partial charge in [-0.1, -0.05) is 25.1 Å². The van der Waals surface area contributed by atoms with Gasteiger partial charge in [0.15, 0.2) is 0 Å². The molecule has 27 heavy (non-hydrogen) atoms. The van der Waals surface area contributed by atoms with Crippen LogP contribution in [-0.4, -0.2) is 52.8 Å². The number of piperazine rings is 1. The van der Waals surface area contributed by atoms with Crippen LogP contribution >= 0.6 is 0 Å². The third-order valence-electron chi connectivity index (χ3n) is 5.79. The fraction of sp³-hybridized carbons (Fsp3) is 0.409. The molecule has 5 heteroatoms. The Morgan fingerprint density at radius 1 is 0.889 bits per heavy atom. The Labute approximate surface area is 160 Å². The van der Waals surface area contributed by atoms with Gasteiger partial charge in [-0.15, -0.1) is 0 Å². The van der Waals surface area contributed by atoms with Crippen LogP contribution in [0.25, 0.3) is 0 Å². The maximum atomic E-state index is 12.8. The fourth-order valence-electron chi connectivity index (χ4n) is 3.61. The maximum Gasteiger partial charge on any atom is 0.272 e. The molecular formula is C22H25N3O2. The van der Waals surface area contributed by atoms with Gasteiger partial charge in [0.1, 0.15) is 5.69 Å². The van der Waals surface area contributed by atoms with Crippen molar-refractivity contribution in [3.63, 3.8) is 0 Å². The normalized spacial score (nSPS) is 18.3. The van der Waals surface area contributed by atoms with Gasteiger partial charge in [-0.05, 0) is 55.0 Å². The number of hydrogen-bond donors (Lipinski definition) is 0. The highest BCUT2D eigenvalue weighted by atomic mass is 16.2. The second-order valence-electron chi connectivity index (χ2n) is 7.89. The zero-order valence-electron chi connectivity index (χ0n) is 15.9. The summed E-state index contributed by atoms with van der Waals surface area (Å²) in [5.41, 5.74) is 3.66. The summed E-state index contributed by atoms with van der Waals surface area (Å²) >= 11 is 0. The number of aryl methyl sites for hydroxylation is 1. The molecule has 1 aromatic heterocycles. The predicted octanol–water partition coefficient (Wildman–Crippen LogP) is 3.04. The number of pyridine rings is 1. The SMILES string of the molecule is Cc1cccc(C(=O)N2CCN(C(=O)c3ccc(C4(C)CC4)cc3)CC2)n1. The molecule has 1 aliphatic carbocycles. The lowest BCUT2D eigenvalue weighted by molar-refractivity contribution is 0.0532. The molecule has 0 N–H and O–H groups in total. The Hall–Kier alpha value is -2.69. The van der Waals surface area contributed by atoms with E-state index < -0.39 is 0 Å². The Morgan fingerprint density at radius 2 is 1.48 bits per heavy atom. The third kappa shape index (κ3) is 3.59. The molecule has 0 atom stereocenters. The lowest BCUT2D eigenvalue weighted by Gasteiger charge is -2.34. The molecule has 2 amide bonds. The van der Waals surface area contributed by atoms with Crippen LogP contribution in [0.1, 0.15) is 51.9 Å². The van der Waals surface area contributed by atoms with Gasteiger partial charge in [0.25, 0.3) is 11.8 Å². The summed E-state index contributed by atoms with van der Waals surface area (Å²) in [6, 6.07) is 13.5. The van der Waals surface area contributed by atoms with E-state index in [0.29, 0.717) is 37.3 Å². The van der Waals surface area contributed by atoms with E-state index in [1.807, 2.05) is 36.1 Å². The lowest BCUT2D eigenvalue weighted by atomic mass is 9.97. The molecule has 0 spiro atoms. The fourth-order valence-corrected chi connectivity index (χ4v) is 3.61. The van der Waals surface area contributed by atoms with Crippen LogP contribution in [0.2, 0.25) is 0 Å². The van der Waals surface area contributed by atoms with E-state index in [4.69, 9.17) is 0 Å². The molecule has 1 saturated heterocycles. The van der Waals surface area contributed by atoms with Crippen molar-refractivity contribution in [1.29, 1.82) is 0 Å². The Kier molecular flexibility index (Phi) is 4.46. The summed E-state index contributed by atoms with van der Waals surface area (Å²) < 4.78 is 0. The summed E-state index contributed by atoms with van der Waals surface area (Å²) in [5, 5.41) is 0. The molecule has 2 aliphatic rings. The van der Waals surface area contributed by atoms with Crippen LogP contribution in [0.4, 0.5) is 0 Å². The van der Waals surface area contributed by atoms with Crippen molar-refractivity contribution in [3.05, 3.63) is 65.0 Å². The second kappa shape index (κ2) is 6.80. The monoisotopic (exact) mass is 363 g/mol. The number of hydrogen-bond acceptors (Lipinski definition) is 3. The van der Waals surface area contributed by atoms with Gasteiger partial charge in [-0.25, -0.2) is 4.98 Å². The van der Waals surface area contributed by atoms with Gasteiger partial charge in [-0.2, -0.15) is 0 Å². The molecule has 0 radical (unpaired) electrons. The van der Waals surface area contributed by atoms with Crippen molar-refractivity contribution < 1.29 is 9.59 Å². The van der Waals surface area contributed by atoms with Crippen LogP contribution in [0.3, 0.4) is 0 Å². The molecule has 140 valence electrons. The number of amides is 2. The number of carbonyl (C=O) groups excluding carboxylic acids is 2. The molecule has 1 aromatic carbocycles. The molecule has 1 saturated carbocycles. The minimum Gasteiger partial charge on any atom is -0.335 e. The summed E-state index contributed by atoms with van der Waals surface area (Å²) in [4.78, 5) is 33.3. The van der Waals surface area contributed by atoms with E-state index in [-0.39, 0.29) is 11.8 Å². The second-order valence-corrected chi connectivity index (χ2v) is 7.89.